The molecule has 4 aromatic rings. The molecule has 6 nitrogen and oxygen atoms in total. The first kappa shape index (κ1) is 24.4. The molecule has 2 aliphatic rings. The third-order valence-corrected chi connectivity index (χ3v) is 8.10. The maximum Gasteiger partial charge on any atom is 0.240 e. The second-order valence-corrected chi connectivity index (χ2v) is 10.5. The average molecular weight is 506 g/mol. The molecule has 38 heavy (non-hydrogen) atoms. The van der Waals surface area contributed by atoms with Crippen LogP contribution in [-0.2, 0) is 11.2 Å². The number of nitrogens with one attached hydrogen (secondary N) is 2. The highest BCUT2D eigenvalue weighted by Crippen LogP contribution is 2.32. The number of carbonyl (C=O) groups is 1. The molecule has 3 heterocycles. The number of H-pyrrole nitrogens is 1. The third-order valence-electron chi connectivity index (χ3n) is 8.10. The van der Waals surface area contributed by atoms with Crippen LogP contribution in [0.4, 0.5) is 5.69 Å². The van der Waals surface area contributed by atoms with Crippen molar-refractivity contribution in [1.82, 2.24) is 15.3 Å². The number of aromatic nitrogens is 2. The molecule has 6 heteroatoms. The Balaban J connectivity index is 1.22. The first-order valence-corrected chi connectivity index (χ1v) is 13.7. The molecule has 0 spiro atoms. The number of primary amides is 1. The molecule has 0 aliphatic carbocycles. The lowest BCUT2D eigenvalue weighted by Crippen LogP contribution is -2.40. The molecular formula is C32H35N5O. The van der Waals surface area contributed by atoms with Gasteiger partial charge < -0.3 is 20.9 Å². The van der Waals surface area contributed by atoms with E-state index in [9.17, 15) is 4.79 Å². The number of hydrogen-bond acceptors (Lipinski definition) is 4. The van der Waals surface area contributed by atoms with Crippen LogP contribution in [0, 0.1) is 0 Å². The number of imidazole rings is 1. The van der Waals surface area contributed by atoms with Crippen molar-refractivity contribution in [3.63, 3.8) is 0 Å². The van der Waals surface area contributed by atoms with Crippen LogP contribution >= 0.6 is 0 Å². The Morgan fingerprint density at radius 3 is 2.42 bits per heavy atom. The van der Waals surface area contributed by atoms with Gasteiger partial charge in [0, 0.05) is 18.2 Å². The normalized spacial score (nSPS) is 20.1. The van der Waals surface area contributed by atoms with Gasteiger partial charge in [0.05, 0.1) is 17.9 Å². The number of hydrogen-bond donors (Lipinski definition) is 3. The lowest BCUT2D eigenvalue weighted by molar-refractivity contribution is -0.119. The van der Waals surface area contributed by atoms with Crippen molar-refractivity contribution < 1.29 is 4.79 Å². The predicted octanol–water partition coefficient (Wildman–Crippen LogP) is 5.33. The number of amides is 1. The summed E-state index contributed by atoms with van der Waals surface area (Å²) in [5, 5.41) is 3.51. The minimum atomic E-state index is -0.235. The second-order valence-electron chi connectivity index (χ2n) is 10.5. The Hall–Kier alpha value is -3.90. The van der Waals surface area contributed by atoms with Crippen LogP contribution in [0.25, 0.3) is 11.3 Å². The standard InChI is InChI=1S/C32H35N5O/c33-31(38)30-9-5-19-37(30)26-16-10-22(11-17-26)20-27(23-6-2-1-3-7-23)24-12-14-25(15-13-24)29-21-35-32(36-29)28-8-4-18-34-28/h1-3,6-7,10-17,21,27-28,30,34H,4-5,8-9,18-20H2,(H2,33,38)(H,35,36)/t27?,28-,30-/m0/s1. The van der Waals surface area contributed by atoms with E-state index in [4.69, 9.17) is 5.73 Å². The molecule has 1 unspecified atom stereocenters. The van der Waals surface area contributed by atoms with Gasteiger partial charge in [-0.2, -0.15) is 0 Å². The lowest BCUT2D eigenvalue weighted by atomic mass is 9.85. The molecule has 194 valence electrons. The SMILES string of the molecule is NC(=O)[C@@H]1CCCN1c1ccc(CC(c2ccccc2)c2ccc(-c3cnc([C@@H]4CCCN4)[nH]3)cc2)cc1. The highest BCUT2D eigenvalue weighted by atomic mass is 16.1. The Morgan fingerprint density at radius 2 is 1.71 bits per heavy atom. The van der Waals surface area contributed by atoms with Crippen LogP contribution in [0.1, 0.15) is 60.2 Å². The Labute approximate surface area is 224 Å². The van der Waals surface area contributed by atoms with Gasteiger partial charge in [-0.25, -0.2) is 4.98 Å². The first-order chi connectivity index (χ1) is 18.7. The van der Waals surface area contributed by atoms with E-state index in [1.54, 1.807) is 0 Å². The van der Waals surface area contributed by atoms with Crippen molar-refractivity contribution in [2.75, 3.05) is 18.0 Å². The van der Waals surface area contributed by atoms with Crippen molar-refractivity contribution in [3.8, 4) is 11.3 Å². The summed E-state index contributed by atoms with van der Waals surface area (Å²) in [6.45, 7) is 1.94. The van der Waals surface area contributed by atoms with E-state index in [1.807, 2.05) is 6.20 Å². The summed E-state index contributed by atoms with van der Waals surface area (Å²) >= 11 is 0. The summed E-state index contributed by atoms with van der Waals surface area (Å²) in [7, 11) is 0. The maximum atomic E-state index is 11.9. The maximum absolute atomic E-state index is 11.9. The molecule has 2 fully saturated rings. The first-order valence-electron chi connectivity index (χ1n) is 13.7. The summed E-state index contributed by atoms with van der Waals surface area (Å²) in [6, 6.07) is 28.4. The molecular weight excluding hydrogens is 470 g/mol. The van der Waals surface area contributed by atoms with Gasteiger partial charge in [-0.1, -0.05) is 66.7 Å². The molecule has 3 aromatic carbocycles. The Bertz CT molecular complexity index is 1360. The van der Waals surface area contributed by atoms with Crippen molar-refractivity contribution >= 4 is 11.6 Å². The van der Waals surface area contributed by atoms with E-state index < -0.39 is 0 Å². The van der Waals surface area contributed by atoms with Crippen LogP contribution < -0.4 is 16.0 Å². The molecule has 1 amide bonds. The van der Waals surface area contributed by atoms with Crippen molar-refractivity contribution in [1.29, 1.82) is 0 Å². The number of aromatic amines is 1. The van der Waals surface area contributed by atoms with Crippen molar-refractivity contribution in [3.05, 3.63) is 108 Å². The topological polar surface area (TPSA) is 87.0 Å². The average Bonchev–Trinajstić information content (AvgIpc) is 3.74. The fraction of sp³-hybridized carbons (Fsp3) is 0.312. The minimum Gasteiger partial charge on any atom is -0.368 e. The van der Waals surface area contributed by atoms with Gasteiger partial charge in [0.15, 0.2) is 0 Å². The highest BCUT2D eigenvalue weighted by molar-refractivity contribution is 5.84. The summed E-state index contributed by atoms with van der Waals surface area (Å²) in [5.41, 5.74) is 12.8. The van der Waals surface area contributed by atoms with Gasteiger partial charge in [0.1, 0.15) is 11.9 Å². The van der Waals surface area contributed by atoms with Gasteiger partial charge in [0.25, 0.3) is 0 Å². The van der Waals surface area contributed by atoms with E-state index in [1.165, 1.54) is 23.1 Å². The number of nitrogens with zero attached hydrogens (tertiary/aromatic N) is 2. The third kappa shape index (κ3) is 5.09. The fourth-order valence-electron chi connectivity index (χ4n) is 6.02. The number of anilines is 1. The van der Waals surface area contributed by atoms with Crippen LogP contribution in [0.5, 0.6) is 0 Å². The minimum absolute atomic E-state index is 0.197. The van der Waals surface area contributed by atoms with E-state index in [2.05, 4.69) is 99.0 Å². The fourth-order valence-corrected chi connectivity index (χ4v) is 6.02. The largest absolute Gasteiger partial charge is 0.368 e. The molecule has 1 aromatic heterocycles. The number of rotatable bonds is 8. The van der Waals surface area contributed by atoms with Crippen molar-refractivity contribution in [2.24, 2.45) is 5.73 Å². The zero-order chi connectivity index (χ0) is 25.9. The van der Waals surface area contributed by atoms with Crippen LogP contribution in [0.15, 0.2) is 85.1 Å². The van der Waals surface area contributed by atoms with Gasteiger partial charge in [-0.15, -0.1) is 0 Å². The van der Waals surface area contributed by atoms with E-state index in [-0.39, 0.29) is 17.9 Å². The van der Waals surface area contributed by atoms with Gasteiger partial charge in [-0.3, -0.25) is 4.79 Å². The van der Waals surface area contributed by atoms with Crippen molar-refractivity contribution in [2.45, 2.75) is 50.1 Å². The summed E-state index contributed by atoms with van der Waals surface area (Å²) < 4.78 is 0. The molecule has 3 atom stereocenters. The smallest absolute Gasteiger partial charge is 0.240 e. The van der Waals surface area contributed by atoms with Crippen LogP contribution in [0.2, 0.25) is 0 Å². The zero-order valence-electron chi connectivity index (χ0n) is 21.6. The summed E-state index contributed by atoms with van der Waals surface area (Å²) in [6.07, 6.45) is 7.01. The predicted molar refractivity (Wildman–Crippen MR) is 152 cm³/mol. The number of benzene rings is 3. The van der Waals surface area contributed by atoms with Gasteiger partial charge in [0.2, 0.25) is 5.91 Å². The second kappa shape index (κ2) is 10.8. The highest BCUT2D eigenvalue weighted by Gasteiger charge is 2.29. The molecule has 0 bridgehead atoms. The molecule has 0 radical (unpaired) electrons. The van der Waals surface area contributed by atoms with Gasteiger partial charge >= 0.3 is 0 Å². The quantitative estimate of drug-likeness (QED) is 0.302. The summed E-state index contributed by atoms with van der Waals surface area (Å²) in [4.78, 5) is 22.2. The molecule has 6 rings (SSSR count). The van der Waals surface area contributed by atoms with E-state index in [0.717, 1.165) is 61.5 Å². The Morgan fingerprint density at radius 1 is 0.947 bits per heavy atom. The van der Waals surface area contributed by atoms with E-state index in [0.29, 0.717) is 6.04 Å². The Kier molecular flexibility index (Phi) is 6.97. The van der Waals surface area contributed by atoms with Crippen LogP contribution in [0.3, 0.4) is 0 Å². The van der Waals surface area contributed by atoms with Gasteiger partial charge in [-0.05, 0) is 73.0 Å². The summed E-state index contributed by atoms with van der Waals surface area (Å²) in [5.74, 6) is 1.03. The van der Waals surface area contributed by atoms with E-state index >= 15 is 0 Å². The molecule has 4 N–H and O–H groups in total. The molecule has 2 aliphatic heterocycles. The zero-order valence-corrected chi connectivity index (χ0v) is 21.6. The molecule has 2 saturated heterocycles. The van der Waals surface area contributed by atoms with Crippen LogP contribution in [-0.4, -0.2) is 35.0 Å². The number of nitrogens with two attached hydrogens (primary N) is 1. The molecule has 0 saturated carbocycles. The lowest BCUT2D eigenvalue weighted by Gasteiger charge is -2.25. The number of carbonyl (C=O) groups excluding carboxylic acids is 1. The monoisotopic (exact) mass is 505 g/mol.